The van der Waals surface area contributed by atoms with Crippen molar-refractivity contribution in [3.8, 4) is 0 Å². The molecular weight excluding hydrogens is 458 g/mol. The Morgan fingerprint density at radius 3 is 2.43 bits per heavy atom. The summed E-state index contributed by atoms with van der Waals surface area (Å²) in [5, 5.41) is 23.3. The lowest BCUT2D eigenvalue weighted by molar-refractivity contribution is -0.146. The van der Waals surface area contributed by atoms with Crippen LogP contribution >= 0.6 is 11.8 Å². The van der Waals surface area contributed by atoms with E-state index in [9.17, 15) is 15.0 Å². The zero-order valence-corrected chi connectivity index (χ0v) is 20.9. The minimum Gasteiger partial charge on any atom is -0.479 e. The number of para-hydroxylation sites is 1. The van der Waals surface area contributed by atoms with Crippen LogP contribution in [-0.2, 0) is 11.2 Å². The molecule has 6 nitrogen and oxygen atoms in total. The Hall–Kier alpha value is -3.00. The second-order valence-electron chi connectivity index (χ2n) is 9.39. The predicted octanol–water partition coefficient (Wildman–Crippen LogP) is 4.79. The number of carboxylic acid groups (broad SMARTS) is 1. The van der Waals surface area contributed by atoms with Gasteiger partial charge in [0.1, 0.15) is 0 Å². The third-order valence-corrected chi connectivity index (χ3v) is 8.22. The monoisotopic (exact) mass is 489 g/mol. The van der Waals surface area contributed by atoms with Gasteiger partial charge in [0.25, 0.3) is 0 Å². The molecular formula is C28H31N3O3S. The molecule has 1 saturated heterocycles. The number of aliphatic hydroxyl groups is 1. The average Bonchev–Trinajstić information content (AvgIpc) is 2.88. The summed E-state index contributed by atoms with van der Waals surface area (Å²) < 4.78 is 0. The molecule has 0 saturated carbocycles. The van der Waals surface area contributed by atoms with Crippen molar-refractivity contribution in [2.24, 2.45) is 0 Å². The normalized spacial score (nSPS) is 17.2. The van der Waals surface area contributed by atoms with E-state index in [-0.39, 0.29) is 12.3 Å². The van der Waals surface area contributed by atoms with Crippen molar-refractivity contribution in [1.29, 1.82) is 0 Å². The van der Waals surface area contributed by atoms with Crippen molar-refractivity contribution in [2.75, 3.05) is 43.4 Å². The Morgan fingerprint density at radius 1 is 1.00 bits per heavy atom. The van der Waals surface area contributed by atoms with Crippen LogP contribution in [0.2, 0.25) is 0 Å². The molecule has 2 atom stereocenters. The topological polar surface area (TPSA) is 76.0 Å². The van der Waals surface area contributed by atoms with Gasteiger partial charge in [0.15, 0.2) is 6.10 Å². The summed E-state index contributed by atoms with van der Waals surface area (Å²) in [5.41, 5.74) is 6.18. The third kappa shape index (κ3) is 4.89. The number of piperazine rings is 1. The van der Waals surface area contributed by atoms with E-state index in [1.165, 1.54) is 5.69 Å². The maximum atomic E-state index is 11.5. The van der Waals surface area contributed by atoms with Gasteiger partial charge in [-0.15, -0.1) is 0 Å². The van der Waals surface area contributed by atoms with Gasteiger partial charge in [-0.25, -0.2) is 4.79 Å². The van der Waals surface area contributed by atoms with E-state index in [4.69, 9.17) is 0 Å². The van der Waals surface area contributed by atoms with E-state index < -0.39 is 12.1 Å². The molecule has 2 aliphatic rings. The second kappa shape index (κ2) is 9.93. The van der Waals surface area contributed by atoms with Crippen molar-refractivity contribution < 1.29 is 15.0 Å². The Bertz CT molecular complexity index is 1220. The van der Waals surface area contributed by atoms with Crippen LogP contribution in [0.15, 0.2) is 70.5 Å². The van der Waals surface area contributed by atoms with E-state index in [1.807, 2.05) is 18.2 Å². The Labute approximate surface area is 210 Å². The summed E-state index contributed by atoms with van der Waals surface area (Å²) >= 11 is 1.67. The highest BCUT2D eigenvalue weighted by Gasteiger charge is 2.26. The van der Waals surface area contributed by atoms with E-state index in [1.54, 1.807) is 11.8 Å². The van der Waals surface area contributed by atoms with Crippen molar-refractivity contribution >= 4 is 34.8 Å². The van der Waals surface area contributed by atoms with Crippen LogP contribution < -0.4 is 10.2 Å². The van der Waals surface area contributed by atoms with Crippen LogP contribution in [0.4, 0.5) is 17.1 Å². The lowest BCUT2D eigenvalue weighted by Crippen LogP contribution is -2.44. The molecule has 3 aromatic carbocycles. The number of aliphatic carboxylic acids is 1. The fraction of sp³-hybridized carbons (Fsp3) is 0.321. The largest absolute Gasteiger partial charge is 0.479 e. The van der Waals surface area contributed by atoms with Crippen molar-refractivity contribution in [3.63, 3.8) is 0 Å². The highest BCUT2D eigenvalue weighted by atomic mass is 32.2. The van der Waals surface area contributed by atoms with Gasteiger partial charge in [-0.1, -0.05) is 49.0 Å². The Balaban J connectivity index is 1.47. The first-order chi connectivity index (χ1) is 16.9. The average molecular weight is 490 g/mol. The van der Waals surface area contributed by atoms with Gasteiger partial charge < -0.3 is 25.3 Å². The summed E-state index contributed by atoms with van der Waals surface area (Å²) in [6, 6.07) is 21.0. The van der Waals surface area contributed by atoms with Gasteiger partial charge in [-0.2, -0.15) is 0 Å². The molecule has 0 radical (unpaired) electrons. The summed E-state index contributed by atoms with van der Waals surface area (Å²) in [4.78, 5) is 18.5. The first-order valence-corrected chi connectivity index (χ1v) is 12.9. The molecule has 0 amide bonds. The van der Waals surface area contributed by atoms with E-state index in [0.29, 0.717) is 0 Å². The van der Waals surface area contributed by atoms with Gasteiger partial charge >= 0.3 is 5.97 Å². The molecule has 0 aromatic heterocycles. The van der Waals surface area contributed by atoms with Gasteiger partial charge in [0.2, 0.25) is 0 Å². The maximum absolute atomic E-state index is 11.5. The highest BCUT2D eigenvalue weighted by Crippen LogP contribution is 2.47. The molecule has 7 heteroatoms. The molecule has 3 N–H and O–H groups in total. The number of likely N-dealkylation sites (N-methyl/N-ethyl adjacent to an activating group) is 1. The number of carbonyl (C=O) groups is 1. The molecule has 3 aromatic rings. The molecule has 2 unspecified atom stereocenters. The number of hydrogen-bond donors (Lipinski definition) is 3. The second-order valence-corrected chi connectivity index (χ2v) is 10.5. The number of aliphatic hydroxyl groups excluding tert-OH is 1. The van der Waals surface area contributed by atoms with Crippen molar-refractivity contribution in [3.05, 3.63) is 77.4 Å². The smallest absolute Gasteiger partial charge is 0.332 e. The number of fused-ring (bicyclic) bond motifs is 2. The van der Waals surface area contributed by atoms with E-state index in [2.05, 4.69) is 71.6 Å². The van der Waals surface area contributed by atoms with Crippen LogP contribution in [0, 0.1) is 0 Å². The summed E-state index contributed by atoms with van der Waals surface area (Å²) in [7, 11) is 2.16. The number of nitrogens with one attached hydrogen (secondary N) is 1. The minimum atomic E-state index is -1.46. The van der Waals surface area contributed by atoms with Gasteiger partial charge in [-0.05, 0) is 54.1 Å². The number of nitrogens with zero attached hydrogens (tertiary/aromatic N) is 2. The molecule has 1 fully saturated rings. The van der Waals surface area contributed by atoms with E-state index in [0.717, 1.165) is 64.0 Å². The number of carboxylic acids is 1. The molecule has 35 heavy (non-hydrogen) atoms. The Morgan fingerprint density at radius 2 is 1.71 bits per heavy atom. The predicted molar refractivity (Wildman–Crippen MR) is 141 cm³/mol. The first kappa shape index (κ1) is 23.7. The van der Waals surface area contributed by atoms with Gasteiger partial charge in [-0.3, -0.25) is 0 Å². The summed E-state index contributed by atoms with van der Waals surface area (Å²) in [5.74, 6) is -1.16. The lowest BCUT2D eigenvalue weighted by atomic mass is 9.86. The molecule has 5 rings (SSSR count). The highest BCUT2D eigenvalue weighted by molar-refractivity contribution is 7.99. The van der Waals surface area contributed by atoms with Crippen LogP contribution in [0.3, 0.4) is 0 Å². The molecule has 2 heterocycles. The van der Waals surface area contributed by atoms with Gasteiger partial charge in [0.05, 0.1) is 11.4 Å². The molecule has 0 aliphatic carbocycles. The van der Waals surface area contributed by atoms with Crippen LogP contribution in [0.1, 0.15) is 29.5 Å². The zero-order chi connectivity index (χ0) is 24.5. The zero-order valence-electron chi connectivity index (χ0n) is 20.1. The van der Waals surface area contributed by atoms with Gasteiger partial charge in [0, 0.05) is 54.0 Å². The van der Waals surface area contributed by atoms with Crippen LogP contribution in [0.5, 0.6) is 0 Å². The number of hydrogen-bond acceptors (Lipinski definition) is 6. The van der Waals surface area contributed by atoms with Crippen LogP contribution in [-0.4, -0.2) is 60.4 Å². The first-order valence-electron chi connectivity index (χ1n) is 12.0. The van der Waals surface area contributed by atoms with E-state index >= 15 is 0 Å². The minimum absolute atomic E-state index is 0.0433. The van der Waals surface area contributed by atoms with Crippen molar-refractivity contribution in [2.45, 2.75) is 35.2 Å². The standard InChI is InChI=1S/C28H31N3O3S/c1-18(19-7-9-20(10-8-19)31-15-13-30(2)14-16-31)21-11-12-26-27(22(21)17-24(32)28(33)34)29-23-5-3-4-6-25(23)35-26/h3-12,18,24,29,32H,13-17H2,1-2H3,(H,33,34). The maximum Gasteiger partial charge on any atom is 0.332 e. The molecule has 0 bridgehead atoms. The van der Waals surface area contributed by atoms with Crippen LogP contribution in [0.25, 0.3) is 0 Å². The third-order valence-electron chi connectivity index (χ3n) is 7.09. The number of benzene rings is 3. The molecule has 2 aliphatic heterocycles. The number of rotatable bonds is 6. The quantitative estimate of drug-likeness (QED) is 0.360. The molecule has 0 spiro atoms. The summed E-state index contributed by atoms with van der Waals surface area (Å²) in [6.45, 7) is 6.33. The SMILES string of the molecule is CC(c1ccc(N2CCN(C)CC2)cc1)c1ccc2c(c1CC(O)C(=O)O)Nc1ccccc1S2. The molecule has 182 valence electrons. The Kier molecular flexibility index (Phi) is 6.73. The fourth-order valence-corrected chi connectivity index (χ4v) is 5.93. The lowest BCUT2D eigenvalue weighted by Gasteiger charge is -2.34. The number of anilines is 3. The summed E-state index contributed by atoms with van der Waals surface area (Å²) in [6.07, 6.45) is -1.41. The fourth-order valence-electron chi connectivity index (χ4n) is 4.90. The van der Waals surface area contributed by atoms with Crippen molar-refractivity contribution in [1.82, 2.24) is 4.90 Å².